The van der Waals surface area contributed by atoms with Crippen molar-refractivity contribution in [1.82, 2.24) is 45.3 Å². The smallest absolute Gasteiger partial charge is 0.407 e. The van der Waals surface area contributed by atoms with Gasteiger partial charge in [0, 0.05) is 54.6 Å². The predicted octanol–water partition coefficient (Wildman–Crippen LogP) is 4.52. The van der Waals surface area contributed by atoms with Crippen LogP contribution in [0.2, 0.25) is 0 Å². The minimum absolute atomic E-state index is 0.0413. The average Bonchev–Trinajstić information content (AvgIpc) is 3.82. The van der Waals surface area contributed by atoms with Crippen LogP contribution in [0.15, 0.2) is 24.7 Å². The van der Waals surface area contributed by atoms with E-state index in [0.29, 0.717) is 31.0 Å². The van der Waals surface area contributed by atoms with Crippen molar-refractivity contribution in [2.45, 2.75) is 144 Å². The Labute approximate surface area is 338 Å². The van der Waals surface area contributed by atoms with Gasteiger partial charge in [-0.15, -0.1) is 0 Å². The summed E-state index contributed by atoms with van der Waals surface area (Å²) in [5, 5.41) is 5.60. The number of carbonyl (C=O) groups is 4. The topological polar surface area (TPSA) is 187 Å². The second-order valence-electron chi connectivity index (χ2n) is 18.1. The lowest BCUT2D eigenvalue weighted by Crippen LogP contribution is -2.62. The van der Waals surface area contributed by atoms with Gasteiger partial charge in [0.2, 0.25) is 11.8 Å². The number of aromatic nitrogens is 4. The number of hydrogen-bond donors (Lipinski definition) is 4. The largest absolute Gasteiger partial charge is 0.453 e. The van der Waals surface area contributed by atoms with Gasteiger partial charge in [-0.2, -0.15) is 0 Å². The molecule has 0 aromatic carbocycles. The third-order valence-corrected chi connectivity index (χ3v) is 14.7. The van der Waals surface area contributed by atoms with E-state index in [4.69, 9.17) is 24.2 Å². The zero-order valence-electron chi connectivity index (χ0n) is 33.5. The highest BCUT2D eigenvalue weighted by Gasteiger charge is 2.54. The Kier molecular flexibility index (Phi) is 9.88. The summed E-state index contributed by atoms with van der Waals surface area (Å²) in [4.78, 5) is 75.1. The molecule has 0 bridgehead atoms. The predicted molar refractivity (Wildman–Crippen MR) is 208 cm³/mol. The first kappa shape index (κ1) is 37.7. The van der Waals surface area contributed by atoms with Crippen molar-refractivity contribution >= 4 is 24.0 Å². The molecule has 10 rings (SSSR count). The molecule has 3 saturated heterocycles. The Bertz CT molecular complexity index is 1920. The summed E-state index contributed by atoms with van der Waals surface area (Å²) in [7, 11) is 2.66. The lowest BCUT2D eigenvalue weighted by atomic mass is 9.71. The molecule has 4 saturated carbocycles. The van der Waals surface area contributed by atoms with Crippen molar-refractivity contribution < 1.29 is 33.4 Å². The van der Waals surface area contributed by atoms with Crippen LogP contribution in [0, 0.1) is 17.8 Å². The molecule has 312 valence electrons. The quantitative estimate of drug-likeness (QED) is 0.266. The molecule has 11 atom stereocenters. The van der Waals surface area contributed by atoms with Gasteiger partial charge in [0.1, 0.15) is 23.7 Å². The lowest BCUT2D eigenvalue weighted by Gasteiger charge is -2.54. The van der Waals surface area contributed by atoms with E-state index in [0.717, 1.165) is 107 Å². The minimum Gasteiger partial charge on any atom is -0.453 e. The summed E-state index contributed by atoms with van der Waals surface area (Å²) in [6.45, 7) is 1.31. The number of nitrogens with one attached hydrogen (secondary N) is 4. The molecule has 2 aromatic heterocycles. The van der Waals surface area contributed by atoms with Gasteiger partial charge in [0.05, 0.1) is 50.6 Å². The molecular weight excluding hydrogens is 743 g/mol. The monoisotopic (exact) mass is 799 g/mol. The highest BCUT2D eigenvalue weighted by Crippen LogP contribution is 2.51. The Morgan fingerprint density at radius 2 is 1.33 bits per heavy atom. The lowest BCUT2D eigenvalue weighted by molar-refractivity contribution is -0.168. The summed E-state index contributed by atoms with van der Waals surface area (Å²) < 4.78 is 16.7. The molecule has 0 spiro atoms. The van der Waals surface area contributed by atoms with Gasteiger partial charge in [-0.3, -0.25) is 9.59 Å². The number of fused-ring (bicyclic) bond motifs is 2. The summed E-state index contributed by atoms with van der Waals surface area (Å²) in [5.41, 5.74) is 2.24. The number of aromatic amines is 2. The third-order valence-electron chi connectivity index (χ3n) is 14.7. The average molecular weight is 800 g/mol. The maximum atomic E-state index is 13.8. The van der Waals surface area contributed by atoms with Crippen LogP contribution in [0.4, 0.5) is 9.59 Å². The fourth-order valence-corrected chi connectivity index (χ4v) is 11.5. The van der Waals surface area contributed by atoms with Crippen molar-refractivity contribution in [2.24, 2.45) is 17.8 Å². The second-order valence-corrected chi connectivity index (χ2v) is 18.1. The minimum atomic E-state index is -0.565. The van der Waals surface area contributed by atoms with Crippen LogP contribution in [0.25, 0.3) is 0 Å². The van der Waals surface area contributed by atoms with Gasteiger partial charge in [-0.25, -0.2) is 19.6 Å². The number of carbonyl (C=O) groups excluding carboxylic acids is 4. The number of alkyl carbamates (subject to hydrolysis) is 2. The molecule has 4 aliphatic heterocycles. The van der Waals surface area contributed by atoms with E-state index in [1.807, 2.05) is 22.2 Å². The van der Waals surface area contributed by atoms with Crippen molar-refractivity contribution in [1.29, 1.82) is 0 Å². The van der Waals surface area contributed by atoms with Crippen molar-refractivity contribution in [3.63, 3.8) is 0 Å². The molecule has 7 fully saturated rings. The van der Waals surface area contributed by atoms with Gasteiger partial charge in [0.15, 0.2) is 0 Å². The molecular formula is C42H57N9O7. The van der Waals surface area contributed by atoms with Crippen LogP contribution in [0.5, 0.6) is 0 Å². The molecule has 4 N–H and O–H groups in total. The molecule has 0 radical (unpaired) electrons. The molecule has 16 heteroatoms. The summed E-state index contributed by atoms with van der Waals surface area (Å²) in [5.74, 6) is 2.79. The van der Waals surface area contributed by atoms with Crippen LogP contribution in [-0.2, 0) is 23.8 Å². The maximum Gasteiger partial charge on any atom is 0.407 e. The standard InChI is InChI=1S/C42H57N9O7/c1-56-41(54)47-34(22-7-8-22)39(52)50-16-3-5-30(50)37-43-20-27(45-37)24-11-13-29-33(19-24)58-32-14-12-25(26-15-18-49(29)36(26)32)28-21-44-38(46-28)31-6-4-17-51(31)40(53)35(23-9-10-23)48-42(55)57-2/h15,18,20-26,29-36H,3-14,16-17,19H2,1-2H3,(H,43,45)(H,44,46)(H,47,54)(H,48,55). The Morgan fingerprint density at radius 1 is 0.741 bits per heavy atom. The van der Waals surface area contributed by atoms with Gasteiger partial charge in [0.25, 0.3) is 0 Å². The van der Waals surface area contributed by atoms with Crippen LogP contribution >= 0.6 is 0 Å². The SMILES string of the molecule is COC(=O)NC(C(=O)N1CCCC1c1ncc(C2CCC3C(C2)OC2CCC(c4cnc(C5CCCN5C(=O)C(NC(=O)OC)C5CC5)[nH]4)C4C=CN3C24)[nH]1)C1CC1. The number of rotatable bonds is 10. The molecule has 58 heavy (non-hydrogen) atoms. The van der Waals surface area contributed by atoms with E-state index >= 15 is 0 Å². The number of H-pyrrole nitrogens is 2. The summed E-state index contributed by atoms with van der Waals surface area (Å²) in [6, 6.07) is -0.776. The third kappa shape index (κ3) is 6.82. The van der Waals surface area contributed by atoms with E-state index in [-0.39, 0.29) is 59.9 Å². The molecule has 4 amide bonds. The highest BCUT2D eigenvalue weighted by molar-refractivity contribution is 5.87. The number of nitrogens with zero attached hydrogens (tertiary/aromatic N) is 5. The molecule has 8 aliphatic rings. The summed E-state index contributed by atoms with van der Waals surface area (Å²) >= 11 is 0. The zero-order chi connectivity index (χ0) is 39.7. The van der Waals surface area contributed by atoms with Gasteiger partial charge in [-0.05, 0) is 102 Å². The second kappa shape index (κ2) is 15.2. The zero-order valence-corrected chi connectivity index (χ0v) is 33.5. The van der Waals surface area contributed by atoms with E-state index in [1.54, 1.807) is 0 Å². The number of amides is 4. The number of likely N-dealkylation sites (tertiary alicyclic amines) is 2. The fraction of sp³-hybridized carbons (Fsp3) is 0.714. The van der Waals surface area contributed by atoms with E-state index in [1.165, 1.54) is 14.2 Å². The molecule has 6 heterocycles. The molecule has 11 unspecified atom stereocenters. The van der Waals surface area contributed by atoms with E-state index in [2.05, 4.69) is 37.8 Å². The number of morpholine rings is 1. The van der Waals surface area contributed by atoms with Crippen LogP contribution in [0.3, 0.4) is 0 Å². The Morgan fingerprint density at radius 3 is 1.91 bits per heavy atom. The van der Waals surface area contributed by atoms with Crippen molar-refractivity contribution in [3.8, 4) is 0 Å². The van der Waals surface area contributed by atoms with Crippen molar-refractivity contribution in [3.05, 3.63) is 47.7 Å². The Balaban J connectivity index is 0.779. The fourth-order valence-electron chi connectivity index (χ4n) is 11.5. The maximum absolute atomic E-state index is 13.8. The van der Waals surface area contributed by atoms with Gasteiger partial charge in [-0.1, -0.05) is 6.08 Å². The first-order valence-electron chi connectivity index (χ1n) is 21.8. The highest BCUT2D eigenvalue weighted by atomic mass is 16.5. The number of imidazole rings is 2. The van der Waals surface area contributed by atoms with E-state index < -0.39 is 24.3 Å². The van der Waals surface area contributed by atoms with Gasteiger partial charge >= 0.3 is 12.2 Å². The molecule has 2 aromatic rings. The first-order chi connectivity index (χ1) is 28.3. The molecule has 16 nitrogen and oxygen atoms in total. The molecule has 4 aliphatic carbocycles. The first-order valence-corrected chi connectivity index (χ1v) is 21.8. The number of methoxy groups -OCH3 is 2. The normalized spacial score (nSPS) is 33.6. The van der Waals surface area contributed by atoms with Crippen molar-refractivity contribution in [2.75, 3.05) is 27.3 Å². The van der Waals surface area contributed by atoms with Crippen LogP contribution in [0.1, 0.15) is 130 Å². The van der Waals surface area contributed by atoms with Crippen LogP contribution < -0.4 is 10.6 Å². The Hall–Kier alpha value is -4.60. The van der Waals surface area contributed by atoms with Gasteiger partial charge < -0.3 is 49.5 Å². The van der Waals surface area contributed by atoms with Crippen LogP contribution in [-0.4, -0.2) is 122 Å². The number of ether oxygens (including phenoxy) is 3. The van der Waals surface area contributed by atoms with E-state index in [9.17, 15) is 19.2 Å². The number of hydrogen-bond acceptors (Lipinski definition) is 10. The summed E-state index contributed by atoms with van der Waals surface area (Å²) in [6.07, 6.45) is 20.0.